The van der Waals surface area contributed by atoms with Crippen LogP contribution in [0.25, 0.3) is 0 Å². The highest BCUT2D eigenvalue weighted by Crippen LogP contribution is 2.24. The molecule has 0 fully saturated rings. The van der Waals surface area contributed by atoms with Crippen LogP contribution in [0, 0.1) is 6.92 Å². The number of carbonyl (C=O) groups excluding carboxylic acids is 1. The van der Waals surface area contributed by atoms with Crippen molar-refractivity contribution < 1.29 is 9.53 Å². The number of hydrogen-bond donors (Lipinski definition) is 0. The molecule has 27 heavy (non-hydrogen) atoms. The molecule has 3 aromatic rings. The Morgan fingerprint density at radius 1 is 1.22 bits per heavy atom. The topological polar surface area (TPSA) is 65.2 Å². The number of fused-ring (bicyclic) bond motifs is 1. The molecular weight excluding hydrogens is 342 g/mol. The monoisotopic (exact) mass is 365 g/mol. The van der Waals surface area contributed by atoms with E-state index >= 15 is 0 Å². The van der Waals surface area contributed by atoms with Gasteiger partial charge < -0.3 is 14.2 Å². The van der Waals surface area contributed by atoms with Gasteiger partial charge in [0.2, 0.25) is 5.88 Å². The summed E-state index contributed by atoms with van der Waals surface area (Å²) in [5.74, 6) is 0.631. The molecule has 1 amide bonds. The van der Waals surface area contributed by atoms with Crippen molar-refractivity contribution in [3.8, 4) is 5.88 Å². The summed E-state index contributed by atoms with van der Waals surface area (Å²) < 4.78 is 9.61. The van der Waals surface area contributed by atoms with Crippen molar-refractivity contribution >= 4 is 5.91 Å². The predicted octanol–water partition coefficient (Wildman–Crippen LogP) is 2.24. The van der Waals surface area contributed by atoms with Crippen LogP contribution in [-0.4, -0.2) is 36.7 Å². The SMILES string of the molecule is Cc1cccc(OCc2nn(C)c3c2CN(C(=O)c2cccn2C)CC3)n1. The predicted molar refractivity (Wildman–Crippen MR) is 100 cm³/mol. The molecule has 1 aliphatic rings. The Bertz CT molecular complexity index is 988. The molecule has 4 heterocycles. The number of hydrogen-bond acceptors (Lipinski definition) is 4. The number of pyridine rings is 1. The molecule has 4 rings (SSSR count). The number of ether oxygens (including phenoxy) is 1. The van der Waals surface area contributed by atoms with E-state index in [-0.39, 0.29) is 5.91 Å². The molecule has 0 bridgehead atoms. The molecule has 7 heteroatoms. The highest BCUT2D eigenvalue weighted by atomic mass is 16.5. The van der Waals surface area contributed by atoms with E-state index in [1.54, 1.807) is 0 Å². The van der Waals surface area contributed by atoms with E-state index in [1.165, 1.54) is 5.69 Å². The van der Waals surface area contributed by atoms with Gasteiger partial charge in [-0.15, -0.1) is 0 Å². The van der Waals surface area contributed by atoms with Crippen molar-refractivity contribution in [2.24, 2.45) is 14.1 Å². The van der Waals surface area contributed by atoms with Gasteiger partial charge in [0.05, 0.1) is 0 Å². The van der Waals surface area contributed by atoms with E-state index in [2.05, 4.69) is 10.1 Å². The normalized spacial score (nSPS) is 13.5. The van der Waals surface area contributed by atoms with Gasteiger partial charge in [-0.1, -0.05) is 6.07 Å². The van der Waals surface area contributed by atoms with Crippen LogP contribution in [-0.2, 0) is 33.7 Å². The van der Waals surface area contributed by atoms with Crippen LogP contribution in [0.4, 0.5) is 0 Å². The maximum Gasteiger partial charge on any atom is 0.270 e. The van der Waals surface area contributed by atoms with Crippen LogP contribution in [0.15, 0.2) is 36.5 Å². The molecule has 0 unspecified atom stereocenters. The highest BCUT2D eigenvalue weighted by Gasteiger charge is 2.28. The van der Waals surface area contributed by atoms with E-state index in [1.807, 2.05) is 71.7 Å². The van der Waals surface area contributed by atoms with Crippen LogP contribution in [0.2, 0.25) is 0 Å². The van der Waals surface area contributed by atoms with Gasteiger partial charge in [0, 0.05) is 62.8 Å². The fourth-order valence-corrected chi connectivity index (χ4v) is 3.54. The van der Waals surface area contributed by atoms with Gasteiger partial charge in [-0.05, 0) is 25.1 Å². The molecule has 140 valence electrons. The summed E-state index contributed by atoms with van der Waals surface area (Å²) in [6, 6.07) is 9.44. The minimum atomic E-state index is 0.0456. The molecule has 0 saturated carbocycles. The lowest BCUT2D eigenvalue weighted by Crippen LogP contribution is -2.37. The van der Waals surface area contributed by atoms with Gasteiger partial charge in [-0.3, -0.25) is 9.48 Å². The minimum Gasteiger partial charge on any atom is -0.471 e. The van der Waals surface area contributed by atoms with Gasteiger partial charge >= 0.3 is 0 Å². The zero-order valence-electron chi connectivity index (χ0n) is 15.8. The second-order valence-electron chi connectivity index (χ2n) is 6.88. The Morgan fingerprint density at radius 3 is 2.81 bits per heavy atom. The summed E-state index contributed by atoms with van der Waals surface area (Å²) in [6.45, 7) is 3.51. The summed E-state index contributed by atoms with van der Waals surface area (Å²) >= 11 is 0. The largest absolute Gasteiger partial charge is 0.471 e. The fraction of sp³-hybridized carbons (Fsp3) is 0.350. The third-order valence-electron chi connectivity index (χ3n) is 5.00. The van der Waals surface area contributed by atoms with Gasteiger partial charge in [0.15, 0.2) is 0 Å². The van der Waals surface area contributed by atoms with Crippen LogP contribution < -0.4 is 4.74 Å². The Morgan fingerprint density at radius 2 is 2.07 bits per heavy atom. The number of carbonyl (C=O) groups is 1. The quantitative estimate of drug-likeness (QED) is 0.711. The lowest BCUT2D eigenvalue weighted by molar-refractivity contribution is 0.0722. The molecule has 7 nitrogen and oxygen atoms in total. The first-order chi connectivity index (χ1) is 13.0. The fourth-order valence-electron chi connectivity index (χ4n) is 3.54. The Labute approximate surface area is 158 Å². The maximum atomic E-state index is 12.9. The molecule has 3 aromatic heterocycles. The zero-order chi connectivity index (χ0) is 19.0. The van der Waals surface area contributed by atoms with Crippen LogP contribution >= 0.6 is 0 Å². The van der Waals surface area contributed by atoms with Gasteiger partial charge in [-0.2, -0.15) is 5.10 Å². The molecule has 1 aliphatic heterocycles. The van der Waals surface area contributed by atoms with Gasteiger partial charge in [0.25, 0.3) is 5.91 Å². The van der Waals surface area contributed by atoms with Crippen molar-refractivity contribution in [3.05, 3.63) is 64.9 Å². The van der Waals surface area contributed by atoms with E-state index in [9.17, 15) is 4.79 Å². The second kappa shape index (κ2) is 6.90. The van der Waals surface area contributed by atoms with E-state index < -0.39 is 0 Å². The third kappa shape index (κ3) is 3.32. The zero-order valence-corrected chi connectivity index (χ0v) is 15.8. The lowest BCUT2D eigenvalue weighted by Gasteiger charge is -2.28. The average molecular weight is 365 g/mol. The first kappa shape index (κ1) is 17.3. The van der Waals surface area contributed by atoms with E-state index in [4.69, 9.17) is 4.74 Å². The molecule has 0 aromatic carbocycles. The van der Waals surface area contributed by atoms with Gasteiger partial charge in [-0.25, -0.2) is 4.98 Å². The summed E-state index contributed by atoms with van der Waals surface area (Å²) in [5.41, 5.74) is 4.72. The average Bonchev–Trinajstić information content (AvgIpc) is 3.22. The molecule has 0 saturated heterocycles. The highest BCUT2D eigenvalue weighted by molar-refractivity contribution is 5.92. The van der Waals surface area contributed by atoms with Crippen LogP contribution in [0.5, 0.6) is 5.88 Å². The van der Waals surface area contributed by atoms with Crippen LogP contribution in [0.1, 0.15) is 33.1 Å². The van der Waals surface area contributed by atoms with Crippen molar-refractivity contribution in [1.29, 1.82) is 0 Å². The summed E-state index contributed by atoms with van der Waals surface area (Å²) in [4.78, 5) is 19.1. The Kier molecular flexibility index (Phi) is 4.43. The second-order valence-corrected chi connectivity index (χ2v) is 6.88. The Balaban J connectivity index is 1.54. The smallest absolute Gasteiger partial charge is 0.270 e. The van der Waals surface area contributed by atoms with Crippen LogP contribution in [0.3, 0.4) is 0 Å². The molecule has 0 radical (unpaired) electrons. The van der Waals surface area contributed by atoms with Crippen molar-refractivity contribution in [1.82, 2.24) is 24.2 Å². The van der Waals surface area contributed by atoms with Gasteiger partial charge in [0.1, 0.15) is 18.0 Å². The third-order valence-corrected chi connectivity index (χ3v) is 5.00. The van der Waals surface area contributed by atoms with E-state index in [0.717, 1.165) is 23.4 Å². The minimum absolute atomic E-state index is 0.0456. The first-order valence-corrected chi connectivity index (χ1v) is 9.03. The van der Waals surface area contributed by atoms with E-state index in [0.29, 0.717) is 31.3 Å². The summed E-state index contributed by atoms with van der Waals surface area (Å²) in [5, 5.41) is 4.62. The summed E-state index contributed by atoms with van der Waals surface area (Å²) in [7, 11) is 3.84. The number of rotatable bonds is 4. The number of nitrogens with zero attached hydrogens (tertiary/aromatic N) is 5. The molecular formula is C20H23N5O2. The van der Waals surface area contributed by atoms with Crippen molar-refractivity contribution in [2.45, 2.75) is 26.5 Å². The molecule has 0 aliphatic carbocycles. The number of aromatic nitrogens is 4. The van der Waals surface area contributed by atoms with Crippen molar-refractivity contribution in [2.75, 3.05) is 6.54 Å². The molecule has 0 N–H and O–H groups in total. The number of amides is 1. The molecule has 0 atom stereocenters. The molecule has 0 spiro atoms. The van der Waals surface area contributed by atoms with Crippen molar-refractivity contribution in [3.63, 3.8) is 0 Å². The lowest BCUT2D eigenvalue weighted by atomic mass is 10.0. The first-order valence-electron chi connectivity index (χ1n) is 9.03. The standard InChI is InChI=1S/C20H23N5O2/c1-14-6-4-8-19(21-14)27-13-16-15-12-25(11-9-17(15)24(3)22-16)20(26)18-7-5-10-23(18)2/h4-8,10H,9,11-13H2,1-3H3. The summed E-state index contributed by atoms with van der Waals surface area (Å²) in [6.07, 6.45) is 2.68. The number of aryl methyl sites for hydroxylation is 3. The Hall–Kier alpha value is -3.09. The maximum absolute atomic E-state index is 12.9.